The average Bonchev–Trinajstić information content (AvgIpc) is 2.86. The van der Waals surface area contributed by atoms with Crippen LogP contribution in [-0.4, -0.2) is 45.2 Å². The standard InChI is InChI=1S/C26H27N5O4/c1-17-14-19(9-10-22(17)35-15-20-6-3-4-11-27-20)31-25-24-21(29-16-30-25)7-5-8-23(24)34-13-12-28-26(33)18(2)32/h3-11,14,16,18,32H,12-13,15H2,1-2H3,(H,28,33)(H,29,30,31). The second-order valence-electron chi connectivity index (χ2n) is 7.90. The Morgan fingerprint density at radius 1 is 1.03 bits per heavy atom. The SMILES string of the molecule is Cc1cc(Nc2ncnc3cccc(OCCNC(=O)C(C)O)c23)ccc1OCc1ccccn1. The highest BCUT2D eigenvalue weighted by Gasteiger charge is 2.12. The molecule has 0 radical (unpaired) electrons. The first-order valence-corrected chi connectivity index (χ1v) is 11.2. The number of benzene rings is 2. The Morgan fingerprint density at radius 3 is 2.69 bits per heavy atom. The smallest absolute Gasteiger partial charge is 0.248 e. The maximum atomic E-state index is 11.5. The van der Waals surface area contributed by atoms with Gasteiger partial charge in [0, 0.05) is 11.9 Å². The van der Waals surface area contributed by atoms with Crippen LogP contribution in [0.15, 0.2) is 67.1 Å². The van der Waals surface area contributed by atoms with E-state index >= 15 is 0 Å². The van der Waals surface area contributed by atoms with Crippen LogP contribution in [0.5, 0.6) is 11.5 Å². The number of aliphatic hydroxyl groups is 1. The molecular weight excluding hydrogens is 446 g/mol. The summed E-state index contributed by atoms with van der Waals surface area (Å²) in [5.41, 5.74) is 3.39. The molecule has 2 heterocycles. The minimum atomic E-state index is -1.06. The van der Waals surface area contributed by atoms with Gasteiger partial charge >= 0.3 is 0 Å². The number of aromatic nitrogens is 3. The molecule has 0 saturated carbocycles. The molecule has 1 amide bonds. The third-order valence-electron chi connectivity index (χ3n) is 5.20. The summed E-state index contributed by atoms with van der Waals surface area (Å²) in [5.74, 6) is 1.51. The Morgan fingerprint density at radius 2 is 1.91 bits per heavy atom. The van der Waals surface area contributed by atoms with E-state index in [1.54, 1.807) is 6.20 Å². The lowest BCUT2D eigenvalue weighted by Crippen LogP contribution is -2.35. The van der Waals surface area contributed by atoms with Gasteiger partial charge in [-0.1, -0.05) is 12.1 Å². The van der Waals surface area contributed by atoms with Crippen molar-refractivity contribution < 1.29 is 19.4 Å². The zero-order valence-electron chi connectivity index (χ0n) is 19.6. The molecule has 0 aliphatic heterocycles. The van der Waals surface area contributed by atoms with E-state index in [1.807, 2.05) is 61.5 Å². The lowest BCUT2D eigenvalue weighted by molar-refractivity contribution is -0.128. The van der Waals surface area contributed by atoms with Gasteiger partial charge in [0.25, 0.3) is 0 Å². The summed E-state index contributed by atoms with van der Waals surface area (Å²) < 4.78 is 11.8. The van der Waals surface area contributed by atoms with Crippen LogP contribution in [0.25, 0.3) is 10.9 Å². The van der Waals surface area contributed by atoms with Crippen LogP contribution in [0.4, 0.5) is 11.5 Å². The Labute approximate surface area is 203 Å². The van der Waals surface area contributed by atoms with E-state index in [1.165, 1.54) is 13.3 Å². The fourth-order valence-electron chi connectivity index (χ4n) is 3.44. The molecule has 4 aromatic rings. The minimum absolute atomic E-state index is 0.229. The highest BCUT2D eigenvalue weighted by molar-refractivity contribution is 5.95. The molecule has 180 valence electrons. The van der Waals surface area contributed by atoms with E-state index in [9.17, 15) is 9.90 Å². The third-order valence-corrected chi connectivity index (χ3v) is 5.20. The lowest BCUT2D eigenvalue weighted by atomic mass is 10.1. The van der Waals surface area contributed by atoms with Crippen molar-refractivity contribution in [3.05, 3.63) is 78.4 Å². The second-order valence-corrected chi connectivity index (χ2v) is 7.90. The average molecular weight is 474 g/mol. The van der Waals surface area contributed by atoms with Gasteiger partial charge in [-0.3, -0.25) is 9.78 Å². The quantitative estimate of drug-likeness (QED) is 0.299. The molecule has 3 N–H and O–H groups in total. The number of pyridine rings is 1. The highest BCUT2D eigenvalue weighted by atomic mass is 16.5. The topological polar surface area (TPSA) is 118 Å². The Kier molecular flexibility index (Phi) is 7.69. The Hall–Kier alpha value is -4.24. The molecule has 0 aliphatic rings. The number of anilines is 2. The number of amides is 1. The number of aliphatic hydroxyl groups excluding tert-OH is 1. The first-order valence-electron chi connectivity index (χ1n) is 11.2. The zero-order valence-corrected chi connectivity index (χ0v) is 19.6. The first-order chi connectivity index (χ1) is 17.0. The summed E-state index contributed by atoms with van der Waals surface area (Å²) in [4.78, 5) is 24.6. The monoisotopic (exact) mass is 473 g/mol. The van der Waals surface area contributed by atoms with Crippen molar-refractivity contribution in [2.24, 2.45) is 0 Å². The number of nitrogens with zero attached hydrogens (tertiary/aromatic N) is 3. The molecule has 0 saturated heterocycles. The van der Waals surface area contributed by atoms with Gasteiger partial charge in [-0.05, 0) is 61.9 Å². The van der Waals surface area contributed by atoms with Crippen molar-refractivity contribution in [2.45, 2.75) is 26.6 Å². The van der Waals surface area contributed by atoms with Gasteiger partial charge in [-0.15, -0.1) is 0 Å². The normalized spacial score (nSPS) is 11.6. The molecule has 1 atom stereocenters. The molecule has 0 spiro atoms. The molecule has 9 heteroatoms. The van der Waals surface area contributed by atoms with Gasteiger partial charge < -0.3 is 25.2 Å². The fourth-order valence-corrected chi connectivity index (χ4v) is 3.44. The lowest BCUT2D eigenvalue weighted by Gasteiger charge is -2.15. The van der Waals surface area contributed by atoms with E-state index in [0.29, 0.717) is 18.2 Å². The molecule has 4 rings (SSSR count). The number of carbonyl (C=O) groups excluding carboxylic acids is 1. The van der Waals surface area contributed by atoms with Crippen LogP contribution in [0.2, 0.25) is 0 Å². The maximum absolute atomic E-state index is 11.5. The van der Waals surface area contributed by atoms with Gasteiger partial charge in [0.2, 0.25) is 5.91 Å². The van der Waals surface area contributed by atoms with Crippen molar-refractivity contribution in [3.8, 4) is 11.5 Å². The largest absolute Gasteiger partial charge is 0.491 e. The zero-order chi connectivity index (χ0) is 24.6. The van der Waals surface area contributed by atoms with Gasteiger partial charge in [-0.25, -0.2) is 9.97 Å². The van der Waals surface area contributed by atoms with Gasteiger partial charge in [0.05, 0.1) is 23.1 Å². The number of fused-ring (bicyclic) bond motifs is 1. The van der Waals surface area contributed by atoms with Crippen LogP contribution in [0, 0.1) is 6.92 Å². The van der Waals surface area contributed by atoms with Crippen LogP contribution in [-0.2, 0) is 11.4 Å². The van der Waals surface area contributed by atoms with Crippen LogP contribution < -0.4 is 20.1 Å². The number of aryl methyl sites for hydroxylation is 1. The molecule has 35 heavy (non-hydrogen) atoms. The Bertz CT molecular complexity index is 1290. The van der Waals surface area contributed by atoms with Gasteiger partial charge in [0.1, 0.15) is 43.0 Å². The molecule has 0 aliphatic carbocycles. The second kappa shape index (κ2) is 11.3. The predicted octanol–water partition coefficient (Wildman–Crippen LogP) is 3.53. The van der Waals surface area contributed by atoms with Gasteiger partial charge in [-0.2, -0.15) is 0 Å². The van der Waals surface area contributed by atoms with Crippen molar-refractivity contribution in [3.63, 3.8) is 0 Å². The van der Waals surface area contributed by atoms with E-state index in [-0.39, 0.29) is 13.2 Å². The maximum Gasteiger partial charge on any atom is 0.248 e. The molecule has 9 nitrogen and oxygen atoms in total. The van der Waals surface area contributed by atoms with Crippen LogP contribution in [0.3, 0.4) is 0 Å². The van der Waals surface area contributed by atoms with E-state index in [2.05, 4.69) is 25.6 Å². The Balaban J connectivity index is 1.47. The van der Waals surface area contributed by atoms with Crippen molar-refractivity contribution in [2.75, 3.05) is 18.5 Å². The van der Waals surface area contributed by atoms with Crippen molar-refractivity contribution in [1.82, 2.24) is 20.3 Å². The van der Waals surface area contributed by atoms with Crippen LogP contribution >= 0.6 is 0 Å². The molecule has 2 aromatic heterocycles. The summed E-state index contributed by atoms with van der Waals surface area (Å²) in [5, 5.41) is 16.0. The van der Waals surface area contributed by atoms with E-state index < -0.39 is 12.0 Å². The van der Waals surface area contributed by atoms with Crippen molar-refractivity contribution in [1.29, 1.82) is 0 Å². The molecule has 1 unspecified atom stereocenters. The molecule has 2 aromatic carbocycles. The number of hydrogen-bond donors (Lipinski definition) is 3. The molecule has 0 fully saturated rings. The number of rotatable bonds is 10. The van der Waals surface area contributed by atoms with Crippen molar-refractivity contribution >= 4 is 28.3 Å². The highest BCUT2D eigenvalue weighted by Crippen LogP contribution is 2.32. The fraction of sp³-hybridized carbons (Fsp3) is 0.231. The van der Waals surface area contributed by atoms with Crippen LogP contribution in [0.1, 0.15) is 18.2 Å². The third kappa shape index (κ3) is 6.21. The number of ether oxygens (including phenoxy) is 2. The van der Waals surface area contributed by atoms with E-state index in [0.717, 1.165) is 33.6 Å². The number of hydrogen-bond acceptors (Lipinski definition) is 8. The summed E-state index contributed by atoms with van der Waals surface area (Å²) in [6, 6.07) is 17.1. The minimum Gasteiger partial charge on any atom is -0.491 e. The molecule has 0 bridgehead atoms. The predicted molar refractivity (Wildman–Crippen MR) is 133 cm³/mol. The summed E-state index contributed by atoms with van der Waals surface area (Å²) in [7, 11) is 0. The summed E-state index contributed by atoms with van der Waals surface area (Å²) >= 11 is 0. The number of carbonyl (C=O) groups is 1. The van der Waals surface area contributed by atoms with Gasteiger partial charge in [0.15, 0.2) is 0 Å². The summed E-state index contributed by atoms with van der Waals surface area (Å²) in [6.07, 6.45) is 2.18. The first kappa shape index (κ1) is 23.9. The number of nitrogens with one attached hydrogen (secondary N) is 2. The molecular formula is C26H27N5O4. The summed E-state index contributed by atoms with van der Waals surface area (Å²) in [6.45, 7) is 4.27. The van der Waals surface area contributed by atoms with E-state index in [4.69, 9.17) is 9.47 Å².